The Labute approximate surface area is 104 Å². The largest absolute Gasteiger partial charge is 0.298 e. The third-order valence-electron chi connectivity index (χ3n) is 2.84. The highest BCUT2D eigenvalue weighted by Crippen LogP contribution is 2.10. The number of hydrogen-bond donors (Lipinski definition) is 0. The average molecular weight is 237 g/mol. The summed E-state index contributed by atoms with van der Waals surface area (Å²) in [5.41, 5.74) is 2.55. The molecular weight excluding hydrogens is 226 g/mol. The van der Waals surface area contributed by atoms with Crippen molar-refractivity contribution >= 4 is 11.9 Å². The summed E-state index contributed by atoms with van der Waals surface area (Å²) in [4.78, 5) is 10.8. The molecule has 0 aliphatic carbocycles. The molecule has 0 saturated heterocycles. The van der Waals surface area contributed by atoms with E-state index < -0.39 is 0 Å². The van der Waals surface area contributed by atoms with Gasteiger partial charge >= 0.3 is 0 Å². The molecule has 2 heterocycles. The molecule has 0 saturated carbocycles. The Hall–Kier alpha value is -2.49. The summed E-state index contributed by atoms with van der Waals surface area (Å²) in [6.45, 7) is 0. The smallest absolute Gasteiger partial charge is 0.160 e. The zero-order valence-corrected chi connectivity index (χ0v) is 9.65. The first-order valence-corrected chi connectivity index (χ1v) is 5.69. The lowest BCUT2D eigenvalue weighted by Gasteiger charge is -2.00. The van der Waals surface area contributed by atoms with E-state index in [0.717, 1.165) is 17.8 Å². The predicted octanol–water partition coefficient (Wildman–Crippen LogP) is 2.13. The van der Waals surface area contributed by atoms with Crippen LogP contribution in [-0.2, 0) is 6.42 Å². The van der Waals surface area contributed by atoms with Gasteiger partial charge in [-0.05, 0) is 17.7 Å². The van der Waals surface area contributed by atoms with Crippen LogP contribution in [0.5, 0.6) is 0 Å². The molecule has 0 atom stereocenters. The van der Waals surface area contributed by atoms with Crippen LogP contribution in [0.2, 0.25) is 0 Å². The van der Waals surface area contributed by atoms with Crippen LogP contribution in [0.4, 0.5) is 0 Å². The Morgan fingerprint density at radius 2 is 1.89 bits per heavy atom. The van der Waals surface area contributed by atoms with Gasteiger partial charge in [-0.3, -0.25) is 9.20 Å². The second kappa shape index (κ2) is 4.41. The van der Waals surface area contributed by atoms with Crippen LogP contribution in [0.3, 0.4) is 0 Å². The Kier molecular flexibility index (Phi) is 2.61. The molecule has 0 N–H and O–H groups in total. The number of carbonyl (C=O) groups excluding carboxylic acids is 1. The van der Waals surface area contributed by atoms with E-state index in [1.54, 1.807) is 18.3 Å². The van der Waals surface area contributed by atoms with E-state index in [1.807, 2.05) is 34.7 Å². The number of fused-ring (bicyclic) bond motifs is 1. The van der Waals surface area contributed by atoms with E-state index in [0.29, 0.717) is 12.0 Å². The number of nitrogens with zero attached hydrogens (tertiary/aromatic N) is 3. The average Bonchev–Trinajstić information content (AvgIpc) is 2.82. The summed E-state index contributed by atoms with van der Waals surface area (Å²) >= 11 is 0. The molecule has 4 heteroatoms. The van der Waals surface area contributed by atoms with Gasteiger partial charge in [-0.2, -0.15) is 0 Å². The van der Waals surface area contributed by atoms with Gasteiger partial charge in [0.05, 0.1) is 0 Å². The van der Waals surface area contributed by atoms with Crippen LogP contribution in [0.1, 0.15) is 21.7 Å². The van der Waals surface area contributed by atoms with Crippen molar-refractivity contribution in [3.05, 3.63) is 65.6 Å². The number of aromatic nitrogens is 3. The third-order valence-corrected chi connectivity index (χ3v) is 2.84. The van der Waals surface area contributed by atoms with E-state index in [9.17, 15) is 4.79 Å². The molecule has 0 radical (unpaired) electrons. The SMILES string of the molecule is O=Cc1ccc2nnc(Cc3ccccc3)n2c1. The number of benzene rings is 1. The van der Waals surface area contributed by atoms with Gasteiger partial charge in [0.2, 0.25) is 0 Å². The van der Waals surface area contributed by atoms with Crippen molar-refractivity contribution in [2.75, 3.05) is 0 Å². The van der Waals surface area contributed by atoms with E-state index in [1.165, 1.54) is 5.56 Å². The maximum Gasteiger partial charge on any atom is 0.160 e. The van der Waals surface area contributed by atoms with Crippen molar-refractivity contribution in [1.82, 2.24) is 14.6 Å². The van der Waals surface area contributed by atoms with E-state index in [4.69, 9.17) is 0 Å². The second-order valence-electron chi connectivity index (χ2n) is 4.09. The minimum atomic E-state index is 0.622. The lowest BCUT2D eigenvalue weighted by Crippen LogP contribution is -1.97. The van der Waals surface area contributed by atoms with Crippen molar-refractivity contribution in [3.63, 3.8) is 0 Å². The topological polar surface area (TPSA) is 47.3 Å². The molecule has 0 bridgehead atoms. The summed E-state index contributed by atoms with van der Waals surface area (Å²) in [5.74, 6) is 0.833. The Balaban J connectivity index is 2.04. The summed E-state index contributed by atoms with van der Waals surface area (Å²) in [7, 11) is 0. The number of rotatable bonds is 3. The molecular formula is C14H11N3O. The molecule has 18 heavy (non-hydrogen) atoms. The minimum Gasteiger partial charge on any atom is -0.298 e. The highest BCUT2D eigenvalue weighted by molar-refractivity contribution is 5.74. The van der Waals surface area contributed by atoms with Crippen LogP contribution in [0.25, 0.3) is 5.65 Å². The molecule has 0 amide bonds. The monoisotopic (exact) mass is 237 g/mol. The number of carbonyl (C=O) groups is 1. The maximum absolute atomic E-state index is 10.8. The van der Waals surface area contributed by atoms with Gasteiger partial charge in [-0.25, -0.2) is 0 Å². The van der Waals surface area contributed by atoms with Gasteiger partial charge in [0.25, 0.3) is 0 Å². The van der Waals surface area contributed by atoms with Crippen molar-refractivity contribution in [2.45, 2.75) is 6.42 Å². The van der Waals surface area contributed by atoms with Gasteiger partial charge in [0.1, 0.15) is 5.82 Å². The number of pyridine rings is 1. The second-order valence-corrected chi connectivity index (χ2v) is 4.09. The first-order valence-electron chi connectivity index (χ1n) is 5.69. The zero-order valence-electron chi connectivity index (χ0n) is 9.65. The highest BCUT2D eigenvalue weighted by Gasteiger charge is 2.06. The molecule has 0 fully saturated rings. The number of hydrogen-bond acceptors (Lipinski definition) is 3. The zero-order chi connectivity index (χ0) is 12.4. The van der Waals surface area contributed by atoms with Crippen LogP contribution in [0, 0.1) is 0 Å². The Bertz CT molecular complexity index is 689. The van der Waals surface area contributed by atoms with E-state index in [2.05, 4.69) is 10.2 Å². The van der Waals surface area contributed by atoms with E-state index >= 15 is 0 Å². The summed E-state index contributed by atoms with van der Waals surface area (Å²) < 4.78 is 1.86. The van der Waals surface area contributed by atoms with Crippen LogP contribution in [0.15, 0.2) is 48.7 Å². The molecule has 3 rings (SSSR count). The first kappa shape index (κ1) is 10.7. The van der Waals surface area contributed by atoms with Crippen molar-refractivity contribution in [1.29, 1.82) is 0 Å². The van der Waals surface area contributed by atoms with Crippen LogP contribution < -0.4 is 0 Å². The first-order chi connectivity index (χ1) is 8.86. The fourth-order valence-electron chi connectivity index (χ4n) is 1.92. The summed E-state index contributed by atoms with van der Waals surface area (Å²) in [5, 5.41) is 8.25. The van der Waals surface area contributed by atoms with Gasteiger partial charge in [0, 0.05) is 18.2 Å². The lowest BCUT2D eigenvalue weighted by atomic mass is 10.1. The minimum absolute atomic E-state index is 0.622. The molecule has 4 nitrogen and oxygen atoms in total. The fourth-order valence-corrected chi connectivity index (χ4v) is 1.92. The number of aldehydes is 1. The Morgan fingerprint density at radius 3 is 2.67 bits per heavy atom. The third kappa shape index (κ3) is 1.88. The van der Waals surface area contributed by atoms with E-state index in [-0.39, 0.29) is 0 Å². The lowest BCUT2D eigenvalue weighted by molar-refractivity contribution is 0.112. The van der Waals surface area contributed by atoms with Crippen molar-refractivity contribution < 1.29 is 4.79 Å². The van der Waals surface area contributed by atoms with Crippen LogP contribution in [-0.4, -0.2) is 20.9 Å². The molecule has 0 unspecified atom stereocenters. The Morgan fingerprint density at radius 1 is 1.06 bits per heavy atom. The normalized spacial score (nSPS) is 10.7. The standard InChI is InChI=1S/C14H11N3O/c18-10-12-6-7-13-15-16-14(17(13)9-12)8-11-4-2-1-3-5-11/h1-7,9-10H,8H2. The molecule has 1 aromatic carbocycles. The molecule has 0 aliphatic rings. The fraction of sp³-hybridized carbons (Fsp3) is 0.0714. The molecule has 3 aromatic rings. The predicted molar refractivity (Wildman–Crippen MR) is 67.6 cm³/mol. The summed E-state index contributed by atoms with van der Waals surface area (Å²) in [6.07, 6.45) is 3.29. The molecule has 2 aromatic heterocycles. The van der Waals surface area contributed by atoms with Crippen molar-refractivity contribution in [3.8, 4) is 0 Å². The van der Waals surface area contributed by atoms with Crippen molar-refractivity contribution in [2.24, 2.45) is 0 Å². The molecule has 0 aliphatic heterocycles. The van der Waals surface area contributed by atoms with Gasteiger partial charge in [-0.15, -0.1) is 10.2 Å². The van der Waals surface area contributed by atoms with Gasteiger partial charge in [-0.1, -0.05) is 30.3 Å². The molecule has 0 spiro atoms. The quantitative estimate of drug-likeness (QED) is 0.656. The van der Waals surface area contributed by atoms with Gasteiger partial charge < -0.3 is 0 Å². The summed E-state index contributed by atoms with van der Waals surface area (Å²) in [6, 6.07) is 13.6. The maximum atomic E-state index is 10.8. The highest BCUT2D eigenvalue weighted by atomic mass is 16.1. The molecule has 88 valence electrons. The van der Waals surface area contributed by atoms with Crippen LogP contribution >= 0.6 is 0 Å². The van der Waals surface area contributed by atoms with Gasteiger partial charge in [0.15, 0.2) is 11.9 Å².